The van der Waals surface area contributed by atoms with Gasteiger partial charge in [0.1, 0.15) is 34.8 Å². The van der Waals surface area contributed by atoms with E-state index in [4.69, 9.17) is 29.4 Å². The molecule has 2 amide bonds. The molecule has 6 aromatic rings. The minimum atomic E-state index is -0.532. The second-order valence-corrected chi connectivity index (χ2v) is 17.3. The van der Waals surface area contributed by atoms with E-state index < -0.39 is 11.7 Å². The van der Waals surface area contributed by atoms with Gasteiger partial charge >= 0.3 is 6.09 Å². The zero-order valence-corrected chi connectivity index (χ0v) is 35.9. The number of alkyl carbamates (subject to hydrolysis) is 1. The summed E-state index contributed by atoms with van der Waals surface area (Å²) in [5.74, 6) is 2.90. The Labute approximate surface area is 361 Å². The monoisotopic (exact) mass is 838 g/mol. The SMILES string of the molecule is Cc1ccc2c(N3CC[C@H](NC(=O)C4CCCO4)C3)nc(-c3ccccc3O)nc2c1.Cc1ccc2c(N3CC[C@H](NC(=O)OC(C)(C)C)C3)nc(-c3ccccc3O)nc2c1. The number of fused-ring (bicyclic) bond motifs is 2. The normalized spacial score (nSPS) is 18.8. The Hall–Kier alpha value is -6.54. The molecule has 0 saturated carbocycles. The minimum Gasteiger partial charge on any atom is -0.507 e. The molecule has 14 nitrogen and oxygen atoms in total. The Kier molecular flexibility index (Phi) is 12.1. The molecule has 0 spiro atoms. The van der Waals surface area contributed by atoms with Crippen LogP contribution >= 0.6 is 0 Å². The Morgan fingerprint density at radius 1 is 0.694 bits per heavy atom. The topological polar surface area (TPSA) is 175 Å². The van der Waals surface area contributed by atoms with Crippen LogP contribution in [0.15, 0.2) is 84.9 Å². The number of aromatic hydroxyl groups is 2. The molecular weight excluding hydrogens is 785 g/mol. The summed E-state index contributed by atoms with van der Waals surface area (Å²) < 4.78 is 10.9. The lowest BCUT2D eigenvalue weighted by molar-refractivity contribution is -0.130. The highest BCUT2D eigenvalue weighted by atomic mass is 16.6. The third-order valence-corrected chi connectivity index (χ3v) is 11.2. The van der Waals surface area contributed by atoms with Gasteiger partial charge in [-0.2, -0.15) is 0 Å². The molecule has 2 aromatic heterocycles. The van der Waals surface area contributed by atoms with Gasteiger partial charge in [-0.1, -0.05) is 36.4 Å². The zero-order chi connectivity index (χ0) is 43.5. The molecule has 0 bridgehead atoms. The average molecular weight is 839 g/mol. The highest BCUT2D eigenvalue weighted by molar-refractivity contribution is 5.93. The van der Waals surface area contributed by atoms with Crippen LogP contribution in [0.5, 0.6) is 11.5 Å². The summed E-state index contributed by atoms with van der Waals surface area (Å²) in [6.45, 7) is 13.1. The molecule has 4 aromatic carbocycles. The Bertz CT molecular complexity index is 2610. The summed E-state index contributed by atoms with van der Waals surface area (Å²) >= 11 is 0. The zero-order valence-electron chi connectivity index (χ0n) is 35.9. The van der Waals surface area contributed by atoms with Gasteiger partial charge in [-0.3, -0.25) is 4.79 Å². The van der Waals surface area contributed by atoms with Gasteiger partial charge in [0.15, 0.2) is 11.6 Å². The summed E-state index contributed by atoms with van der Waals surface area (Å²) in [6, 6.07) is 26.5. The van der Waals surface area contributed by atoms with E-state index in [2.05, 4.69) is 26.5 Å². The van der Waals surface area contributed by atoms with Crippen molar-refractivity contribution in [2.24, 2.45) is 0 Å². The first-order valence-corrected chi connectivity index (χ1v) is 21.3. The first-order chi connectivity index (χ1) is 29.8. The molecule has 0 aliphatic carbocycles. The van der Waals surface area contributed by atoms with Gasteiger partial charge in [-0.15, -0.1) is 0 Å². The standard InChI is InChI=1S/C24H26N4O3.C24H28N4O3/c1-15-8-9-17-19(13-15)26-22(18-5-2-3-6-20(18)29)27-23(17)28-11-10-16(14-28)25-24(30)21-7-4-12-31-21;1-15-9-10-17-19(13-15)26-21(18-7-5-6-8-20(18)29)27-22(17)28-12-11-16(14-28)25-23(30)31-24(2,3)4/h2-3,5-6,8-9,13,16,21,29H,4,7,10-12,14H2,1H3,(H,25,30);5-10,13,16,29H,11-12,14H2,1-4H3,(H,25,30)/t16-,21?;16-/m00/s1. The number of aromatic nitrogens is 4. The van der Waals surface area contributed by atoms with Crippen LogP contribution in [-0.2, 0) is 14.3 Å². The third kappa shape index (κ3) is 9.65. The summed E-state index contributed by atoms with van der Waals surface area (Å²) in [4.78, 5) is 48.1. The second kappa shape index (κ2) is 17.8. The maximum atomic E-state index is 12.5. The van der Waals surface area contributed by atoms with Gasteiger partial charge in [0.25, 0.3) is 0 Å². The van der Waals surface area contributed by atoms with Crippen LogP contribution in [0.2, 0.25) is 0 Å². The number of phenols is 2. The van der Waals surface area contributed by atoms with E-state index in [1.54, 1.807) is 24.3 Å². The maximum Gasteiger partial charge on any atom is 0.407 e. The van der Waals surface area contributed by atoms with E-state index in [9.17, 15) is 19.8 Å². The van der Waals surface area contributed by atoms with Crippen LogP contribution in [0.1, 0.15) is 57.6 Å². The third-order valence-electron chi connectivity index (χ3n) is 11.2. The number of hydrogen-bond acceptors (Lipinski definition) is 12. The molecule has 9 rings (SSSR count). The van der Waals surface area contributed by atoms with E-state index in [-0.39, 0.29) is 35.6 Å². The Morgan fingerprint density at radius 2 is 1.19 bits per heavy atom. The molecular formula is C48H54N8O6. The van der Waals surface area contributed by atoms with Crippen molar-refractivity contribution in [1.29, 1.82) is 0 Å². The fourth-order valence-corrected chi connectivity index (χ4v) is 8.19. The number of carbonyl (C=O) groups is 2. The van der Waals surface area contributed by atoms with Crippen LogP contribution in [0, 0.1) is 13.8 Å². The second-order valence-electron chi connectivity index (χ2n) is 17.3. The molecule has 0 radical (unpaired) electrons. The number of nitrogens with zero attached hydrogens (tertiary/aromatic N) is 6. The number of benzene rings is 4. The average Bonchev–Trinajstić information content (AvgIpc) is 4.04. The smallest absolute Gasteiger partial charge is 0.407 e. The van der Waals surface area contributed by atoms with Crippen molar-refractivity contribution < 1.29 is 29.3 Å². The number of aryl methyl sites for hydroxylation is 2. The Morgan fingerprint density at radius 3 is 1.66 bits per heavy atom. The highest BCUT2D eigenvalue weighted by Gasteiger charge is 2.32. The van der Waals surface area contributed by atoms with E-state index in [1.165, 1.54) is 0 Å². The van der Waals surface area contributed by atoms with Gasteiger partial charge in [0.05, 0.1) is 28.2 Å². The molecule has 322 valence electrons. The number of nitrogens with one attached hydrogen (secondary N) is 2. The fourth-order valence-electron chi connectivity index (χ4n) is 8.19. The van der Waals surface area contributed by atoms with Crippen LogP contribution in [-0.4, -0.2) is 98.7 Å². The predicted molar refractivity (Wildman–Crippen MR) is 240 cm³/mol. The predicted octanol–water partition coefficient (Wildman–Crippen LogP) is 7.60. The van der Waals surface area contributed by atoms with Crippen LogP contribution in [0.25, 0.3) is 44.6 Å². The number of hydrogen-bond donors (Lipinski definition) is 4. The molecule has 3 aliphatic rings. The summed E-state index contributed by atoms with van der Waals surface area (Å²) in [7, 11) is 0. The van der Waals surface area contributed by atoms with Crippen LogP contribution in [0.4, 0.5) is 16.4 Å². The molecule has 1 unspecified atom stereocenters. The molecule has 3 saturated heterocycles. The van der Waals surface area contributed by atoms with Crippen molar-refractivity contribution in [1.82, 2.24) is 30.6 Å². The van der Waals surface area contributed by atoms with Crippen molar-refractivity contribution in [3.05, 3.63) is 96.1 Å². The summed E-state index contributed by atoms with van der Waals surface area (Å²) in [5, 5.41) is 28.7. The van der Waals surface area contributed by atoms with Crippen molar-refractivity contribution in [2.45, 2.75) is 84.1 Å². The molecule has 3 aliphatic heterocycles. The van der Waals surface area contributed by atoms with Gasteiger partial charge in [0.2, 0.25) is 5.91 Å². The largest absolute Gasteiger partial charge is 0.507 e. The quantitative estimate of drug-likeness (QED) is 0.124. The molecule has 3 atom stereocenters. The van der Waals surface area contributed by atoms with Gasteiger partial charge < -0.3 is 40.1 Å². The van der Waals surface area contributed by atoms with Crippen LogP contribution in [0.3, 0.4) is 0 Å². The number of amides is 2. The minimum absolute atomic E-state index is 0.0117. The lowest BCUT2D eigenvalue weighted by Gasteiger charge is -2.23. The van der Waals surface area contributed by atoms with Gasteiger partial charge in [0, 0.05) is 49.6 Å². The van der Waals surface area contributed by atoms with Gasteiger partial charge in [-0.25, -0.2) is 24.7 Å². The first-order valence-electron chi connectivity index (χ1n) is 21.3. The molecule has 62 heavy (non-hydrogen) atoms. The molecule has 5 heterocycles. The van der Waals surface area contributed by atoms with Crippen LogP contribution < -0.4 is 20.4 Å². The van der Waals surface area contributed by atoms with Crippen molar-refractivity contribution in [2.75, 3.05) is 42.6 Å². The first kappa shape index (κ1) is 42.2. The number of anilines is 2. The molecule has 14 heteroatoms. The number of phenolic OH excluding ortho intramolecular Hbond substituents is 2. The number of rotatable bonds is 7. The van der Waals surface area contributed by atoms with Gasteiger partial charge in [-0.05, 0) is 120 Å². The van der Waals surface area contributed by atoms with Crippen molar-refractivity contribution in [3.8, 4) is 34.3 Å². The van der Waals surface area contributed by atoms with E-state index in [0.717, 1.165) is 83.3 Å². The fraction of sp³-hybridized carbons (Fsp3) is 0.375. The van der Waals surface area contributed by atoms with Crippen molar-refractivity contribution >= 4 is 45.4 Å². The molecule has 3 fully saturated rings. The van der Waals surface area contributed by atoms with Crippen molar-refractivity contribution in [3.63, 3.8) is 0 Å². The van der Waals surface area contributed by atoms with E-state index in [0.29, 0.717) is 42.5 Å². The number of para-hydroxylation sites is 2. The lowest BCUT2D eigenvalue weighted by atomic mass is 10.1. The number of carbonyl (C=O) groups excluding carboxylic acids is 2. The highest BCUT2D eigenvalue weighted by Crippen LogP contribution is 2.35. The Balaban J connectivity index is 0.000000171. The van der Waals surface area contributed by atoms with E-state index in [1.807, 2.05) is 89.2 Å². The summed E-state index contributed by atoms with van der Waals surface area (Å²) in [6.07, 6.45) is 2.66. The van der Waals surface area contributed by atoms with E-state index >= 15 is 0 Å². The summed E-state index contributed by atoms with van der Waals surface area (Å²) in [5.41, 5.74) is 4.55. The molecule has 4 N–H and O–H groups in total. The number of ether oxygens (including phenoxy) is 2. The maximum absolute atomic E-state index is 12.5. The lowest BCUT2D eigenvalue weighted by Crippen LogP contribution is -2.42.